The molecule has 8 heteroatoms. The summed E-state index contributed by atoms with van der Waals surface area (Å²) < 4.78 is 13.3. The van der Waals surface area contributed by atoms with E-state index in [0.29, 0.717) is 37.4 Å². The van der Waals surface area contributed by atoms with E-state index in [0.717, 1.165) is 46.8 Å². The first-order valence-corrected chi connectivity index (χ1v) is 13.6. The number of rotatable bonds is 9. The second-order valence-electron chi connectivity index (χ2n) is 10.5. The standard InChI is InChI=1S/C30H42N4O4/c1-9-11-30(12-13-31-28(35)24-15-20(4)32(6)21(24)5)26-14-19(3)27-22(16-23(37-7)17-25(27)38-8)18-33(26)29(36)34(30)10-2/h14-17,19H,9-13,18H2,1-8H3,(H,31,35). The van der Waals surface area contributed by atoms with Crippen molar-refractivity contribution in [1.29, 1.82) is 0 Å². The second kappa shape index (κ2) is 10.8. The van der Waals surface area contributed by atoms with Crippen LogP contribution in [0.3, 0.4) is 0 Å². The molecule has 1 fully saturated rings. The van der Waals surface area contributed by atoms with E-state index in [1.54, 1.807) is 14.2 Å². The minimum atomic E-state index is -0.497. The van der Waals surface area contributed by atoms with E-state index in [2.05, 4.69) is 25.2 Å². The lowest BCUT2D eigenvalue weighted by Gasteiger charge is -2.38. The molecule has 1 aromatic carbocycles. The predicted molar refractivity (Wildman–Crippen MR) is 149 cm³/mol. The lowest BCUT2D eigenvalue weighted by Crippen LogP contribution is -2.48. The van der Waals surface area contributed by atoms with Crippen molar-refractivity contribution in [3.63, 3.8) is 0 Å². The van der Waals surface area contributed by atoms with Crippen LogP contribution in [0, 0.1) is 13.8 Å². The summed E-state index contributed by atoms with van der Waals surface area (Å²) in [5.41, 5.74) is 5.33. The van der Waals surface area contributed by atoms with Crippen LogP contribution in [0.1, 0.15) is 78.8 Å². The van der Waals surface area contributed by atoms with Gasteiger partial charge in [-0.25, -0.2) is 4.79 Å². The van der Waals surface area contributed by atoms with Crippen LogP contribution in [0.25, 0.3) is 0 Å². The zero-order chi connectivity index (χ0) is 27.8. The Kier molecular flexibility index (Phi) is 7.81. The lowest BCUT2D eigenvalue weighted by molar-refractivity contribution is 0.0943. The largest absolute Gasteiger partial charge is 0.497 e. The molecule has 2 unspecified atom stereocenters. The highest BCUT2D eigenvalue weighted by molar-refractivity contribution is 5.95. The average Bonchev–Trinajstić information content (AvgIpc) is 3.19. The monoisotopic (exact) mass is 522 g/mol. The summed E-state index contributed by atoms with van der Waals surface area (Å²) >= 11 is 0. The summed E-state index contributed by atoms with van der Waals surface area (Å²) in [7, 11) is 5.28. The predicted octanol–water partition coefficient (Wildman–Crippen LogP) is 5.28. The number of likely N-dealkylation sites (N-methyl/N-ethyl adjacent to an activating group) is 1. The summed E-state index contributed by atoms with van der Waals surface area (Å²) in [5.74, 6) is 1.45. The SMILES string of the molecule is CCCC1(CCNC(=O)c2cc(C)n(C)c2C)C2=CC(C)c3c(cc(OC)cc3OC)CN2C(=O)N1CC. The average molecular weight is 523 g/mol. The third-order valence-corrected chi connectivity index (χ3v) is 8.42. The fourth-order valence-electron chi connectivity index (χ4n) is 6.37. The highest BCUT2D eigenvalue weighted by Gasteiger charge is 2.53. The fourth-order valence-corrected chi connectivity index (χ4v) is 6.37. The molecule has 38 heavy (non-hydrogen) atoms. The van der Waals surface area contributed by atoms with Gasteiger partial charge in [0, 0.05) is 54.8 Å². The van der Waals surface area contributed by atoms with Crippen molar-refractivity contribution in [3.05, 3.63) is 58.1 Å². The van der Waals surface area contributed by atoms with Crippen LogP contribution in [-0.2, 0) is 13.6 Å². The van der Waals surface area contributed by atoms with Crippen LogP contribution >= 0.6 is 0 Å². The quantitative estimate of drug-likeness (QED) is 0.486. The fraction of sp³-hybridized carbons (Fsp3) is 0.533. The maximum absolute atomic E-state index is 13.9. The Morgan fingerprint density at radius 3 is 2.45 bits per heavy atom. The van der Waals surface area contributed by atoms with E-state index in [4.69, 9.17) is 9.47 Å². The van der Waals surface area contributed by atoms with Crippen molar-refractivity contribution in [2.75, 3.05) is 27.3 Å². The number of ether oxygens (including phenoxy) is 2. The van der Waals surface area contributed by atoms with E-state index in [1.165, 1.54) is 0 Å². The van der Waals surface area contributed by atoms with E-state index in [1.807, 2.05) is 60.4 Å². The number of carbonyl (C=O) groups is 2. The Morgan fingerprint density at radius 1 is 1.13 bits per heavy atom. The van der Waals surface area contributed by atoms with Crippen molar-refractivity contribution < 1.29 is 19.1 Å². The van der Waals surface area contributed by atoms with Gasteiger partial charge < -0.3 is 24.3 Å². The molecule has 2 aliphatic heterocycles. The van der Waals surface area contributed by atoms with Gasteiger partial charge in [0.25, 0.3) is 5.91 Å². The number of methoxy groups -OCH3 is 2. The maximum atomic E-state index is 13.9. The number of aryl methyl sites for hydroxylation is 1. The van der Waals surface area contributed by atoms with Gasteiger partial charge in [0.1, 0.15) is 11.5 Å². The highest BCUT2D eigenvalue weighted by atomic mass is 16.5. The molecule has 2 aliphatic rings. The van der Waals surface area contributed by atoms with E-state index >= 15 is 0 Å². The number of hydrogen-bond acceptors (Lipinski definition) is 4. The van der Waals surface area contributed by atoms with Crippen LogP contribution in [0.4, 0.5) is 4.79 Å². The molecule has 0 bridgehead atoms. The molecule has 3 amide bonds. The molecular formula is C30H42N4O4. The topological polar surface area (TPSA) is 76.0 Å². The summed E-state index contributed by atoms with van der Waals surface area (Å²) in [6, 6.07) is 5.86. The number of amides is 3. The third kappa shape index (κ3) is 4.44. The van der Waals surface area contributed by atoms with Gasteiger partial charge in [0.05, 0.1) is 31.9 Å². The summed E-state index contributed by atoms with van der Waals surface area (Å²) in [6.45, 7) is 11.8. The molecule has 2 atom stereocenters. The number of carbonyl (C=O) groups excluding carboxylic acids is 2. The number of nitrogens with zero attached hydrogens (tertiary/aromatic N) is 3. The van der Waals surface area contributed by atoms with Crippen LogP contribution in [0.15, 0.2) is 30.0 Å². The summed E-state index contributed by atoms with van der Waals surface area (Å²) in [4.78, 5) is 30.9. The van der Waals surface area contributed by atoms with Crippen molar-refractivity contribution in [2.24, 2.45) is 7.05 Å². The summed E-state index contributed by atoms with van der Waals surface area (Å²) in [5, 5.41) is 3.15. The first kappa shape index (κ1) is 27.6. The van der Waals surface area contributed by atoms with E-state index < -0.39 is 5.54 Å². The van der Waals surface area contributed by atoms with Gasteiger partial charge in [-0.15, -0.1) is 0 Å². The van der Waals surface area contributed by atoms with Crippen molar-refractivity contribution >= 4 is 11.9 Å². The Labute approximate surface area is 226 Å². The van der Waals surface area contributed by atoms with E-state index in [-0.39, 0.29) is 17.9 Å². The molecular weight excluding hydrogens is 480 g/mol. The zero-order valence-corrected chi connectivity index (χ0v) is 24.1. The number of benzene rings is 1. The van der Waals surface area contributed by atoms with Crippen LogP contribution in [0.5, 0.6) is 11.5 Å². The molecule has 1 aromatic heterocycles. The molecule has 0 saturated carbocycles. The Morgan fingerprint density at radius 2 is 1.87 bits per heavy atom. The number of urea groups is 1. The van der Waals surface area contributed by atoms with Crippen molar-refractivity contribution in [3.8, 4) is 11.5 Å². The van der Waals surface area contributed by atoms with Crippen LogP contribution in [-0.4, -0.2) is 59.2 Å². The third-order valence-electron chi connectivity index (χ3n) is 8.42. The molecule has 4 rings (SSSR count). The molecule has 3 heterocycles. The molecule has 206 valence electrons. The Hall–Kier alpha value is -3.42. The highest BCUT2D eigenvalue weighted by Crippen LogP contribution is 2.48. The molecule has 8 nitrogen and oxygen atoms in total. The van der Waals surface area contributed by atoms with Gasteiger partial charge in [0.15, 0.2) is 0 Å². The van der Waals surface area contributed by atoms with Gasteiger partial charge >= 0.3 is 6.03 Å². The molecule has 0 radical (unpaired) electrons. The lowest BCUT2D eigenvalue weighted by atomic mass is 9.83. The molecule has 2 aromatic rings. The van der Waals surface area contributed by atoms with Gasteiger partial charge in [0.2, 0.25) is 0 Å². The Balaban J connectivity index is 1.69. The van der Waals surface area contributed by atoms with Gasteiger partial charge in [-0.3, -0.25) is 9.69 Å². The number of allylic oxidation sites excluding steroid dienone is 1. The van der Waals surface area contributed by atoms with Gasteiger partial charge in [-0.2, -0.15) is 0 Å². The molecule has 0 aliphatic carbocycles. The van der Waals surface area contributed by atoms with Gasteiger partial charge in [-0.1, -0.05) is 26.3 Å². The number of aromatic nitrogens is 1. The zero-order valence-electron chi connectivity index (χ0n) is 24.1. The smallest absolute Gasteiger partial charge is 0.325 e. The van der Waals surface area contributed by atoms with Crippen LogP contribution in [0.2, 0.25) is 0 Å². The number of fused-ring (bicyclic) bond motifs is 2. The molecule has 1 saturated heterocycles. The summed E-state index contributed by atoms with van der Waals surface area (Å²) in [6.07, 6.45) is 4.61. The van der Waals surface area contributed by atoms with Crippen molar-refractivity contribution in [2.45, 2.75) is 71.9 Å². The Bertz CT molecular complexity index is 1260. The minimum absolute atomic E-state index is 0.00916. The molecule has 0 spiro atoms. The second-order valence-corrected chi connectivity index (χ2v) is 10.5. The first-order chi connectivity index (χ1) is 18.1. The molecule has 1 N–H and O–H groups in total. The normalized spacial score (nSPS) is 20.6. The minimum Gasteiger partial charge on any atom is -0.497 e. The first-order valence-electron chi connectivity index (χ1n) is 13.6. The van der Waals surface area contributed by atoms with Crippen LogP contribution < -0.4 is 14.8 Å². The maximum Gasteiger partial charge on any atom is 0.325 e. The van der Waals surface area contributed by atoms with Gasteiger partial charge in [-0.05, 0) is 51.3 Å². The van der Waals surface area contributed by atoms with Crippen molar-refractivity contribution in [1.82, 2.24) is 19.7 Å². The van der Waals surface area contributed by atoms with E-state index in [9.17, 15) is 9.59 Å². The number of hydrogen-bond donors (Lipinski definition) is 1. The number of nitrogens with one attached hydrogen (secondary N) is 1.